The van der Waals surface area contributed by atoms with E-state index in [1.54, 1.807) is 0 Å². The van der Waals surface area contributed by atoms with Crippen LogP contribution >= 0.6 is 0 Å². The largest absolute Gasteiger partial charge is 0.494 e. The number of aromatic nitrogens is 2. The number of benzene rings is 1. The zero-order valence-electron chi connectivity index (χ0n) is 8.86. The number of nitro groups is 1. The van der Waals surface area contributed by atoms with E-state index in [0.717, 1.165) is 6.07 Å². The Balaban J connectivity index is 2.82. The summed E-state index contributed by atoms with van der Waals surface area (Å²) >= 11 is 0. The highest BCUT2D eigenvalue weighted by Gasteiger charge is 2.18. The van der Waals surface area contributed by atoms with Crippen molar-refractivity contribution in [2.75, 3.05) is 0 Å². The van der Waals surface area contributed by atoms with Gasteiger partial charge in [-0.25, -0.2) is 9.36 Å². The standard InChI is InChI=1S/C10H7N3O5/c14-8-5-9(15)12(10(16)11-8)6-3-1-2-4-7(6)13(17)18/h1-5,15H,(H,11,14,16). The summed E-state index contributed by atoms with van der Waals surface area (Å²) in [4.78, 5) is 34.6. The van der Waals surface area contributed by atoms with E-state index in [-0.39, 0.29) is 11.4 Å². The molecule has 0 saturated heterocycles. The minimum Gasteiger partial charge on any atom is -0.494 e. The molecular weight excluding hydrogens is 242 g/mol. The van der Waals surface area contributed by atoms with Crippen molar-refractivity contribution in [3.8, 4) is 11.6 Å². The number of hydrogen-bond donors (Lipinski definition) is 2. The third-order valence-corrected chi connectivity index (χ3v) is 2.24. The molecule has 8 heteroatoms. The minimum absolute atomic E-state index is 0.124. The number of rotatable bonds is 2. The van der Waals surface area contributed by atoms with Crippen LogP contribution < -0.4 is 11.2 Å². The first-order valence-corrected chi connectivity index (χ1v) is 4.80. The molecule has 0 atom stereocenters. The van der Waals surface area contributed by atoms with Crippen LogP contribution in [0.15, 0.2) is 39.9 Å². The second-order valence-electron chi connectivity index (χ2n) is 3.38. The van der Waals surface area contributed by atoms with Crippen molar-refractivity contribution in [2.24, 2.45) is 0 Å². The fraction of sp³-hybridized carbons (Fsp3) is 0. The quantitative estimate of drug-likeness (QED) is 0.579. The Hall–Kier alpha value is -2.90. The highest BCUT2D eigenvalue weighted by Crippen LogP contribution is 2.23. The van der Waals surface area contributed by atoms with Crippen LogP contribution in [0.3, 0.4) is 0 Å². The second kappa shape index (κ2) is 4.17. The van der Waals surface area contributed by atoms with E-state index in [0.29, 0.717) is 4.57 Å². The summed E-state index contributed by atoms with van der Waals surface area (Å²) in [5.74, 6) is -0.668. The van der Waals surface area contributed by atoms with Gasteiger partial charge in [-0.15, -0.1) is 0 Å². The highest BCUT2D eigenvalue weighted by molar-refractivity contribution is 5.53. The molecule has 0 spiro atoms. The zero-order chi connectivity index (χ0) is 13.3. The molecule has 2 aromatic rings. The van der Waals surface area contributed by atoms with Gasteiger partial charge in [-0.3, -0.25) is 19.9 Å². The van der Waals surface area contributed by atoms with E-state index in [9.17, 15) is 24.8 Å². The first kappa shape index (κ1) is 11.6. The van der Waals surface area contributed by atoms with E-state index in [4.69, 9.17) is 0 Å². The van der Waals surface area contributed by atoms with Crippen molar-refractivity contribution >= 4 is 5.69 Å². The van der Waals surface area contributed by atoms with Gasteiger partial charge in [-0.1, -0.05) is 12.1 Å². The number of para-hydroxylation sites is 2. The second-order valence-corrected chi connectivity index (χ2v) is 3.38. The smallest absolute Gasteiger partial charge is 0.336 e. The monoisotopic (exact) mass is 249 g/mol. The number of aromatic amines is 1. The maximum Gasteiger partial charge on any atom is 0.336 e. The Kier molecular flexibility index (Phi) is 2.68. The molecule has 1 heterocycles. The van der Waals surface area contributed by atoms with Crippen molar-refractivity contribution in [3.05, 3.63) is 61.3 Å². The van der Waals surface area contributed by atoms with E-state index in [1.807, 2.05) is 4.98 Å². The summed E-state index contributed by atoms with van der Waals surface area (Å²) in [7, 11) is 0. The maximum atomic E-state index is 11.6. The van der Waals surface area contributed by atoms with Crippen LogP contribution in [0.5, 0.6) is 5.88 Å². The molecule has 0 amide bonds. The molecule has 0 saturated carbocycles. The summed E-state index contributed by atoms with van der Waals surface area (Å²) < 4.78 is 0.652. The minimum atomic E-state index is -0.950. The van der Waals surface area contributed by atoms with Gasteiger partial charge in [0, 0.05) is 6.07 Å². The molecule has 0 bridgehead atoms. The Labute approximate surface area is 98.9 Å². The molecule has 0 aliphatic heterocycles. The third-order valence-electron chi connectivity index (χ3n) is 2.24. The average Bonchev–Trinajstić information content (AvgIpc) is 2.28. The molecular formula is C10H7N3O5. The molecule has 0 radical (unpaired) electrons. The van der Waals surface area contributed by atoms with Gasteiger partial charge in [0.05, 0.1) is 11.0 Å². The van der Waals surface area contributed by atoms with Crippen LogP contribution in [0.25, 0.3) is 5.69 Å². The van der Waals surface area contributed by atoms with Crippen LogP contribution in [0, 0.1) is 10.1 Å². The van der Waals surface area contributed by atoms with E-state index < -0.39 is 22.1 Å². The molecule has 18 heavy (non-hydrogen) atoms. The summed E-state index contributed by atoms with van der Waals surface area (Å²) in [5, 5.41) is 20.4. The van der Waals surface area contributed by atoms with Crippen molar-refractivity contribution < 1.29 is 10.0 Å². The lowest BCUT2D eigenvalue weighted by atomic mass is 10.2. The fourth-order valence-corrected chi connectivity index (χ4v) is 1.52. The normalized spacial score (nSPS) is 10.2. The van der Waals surface area contributed by atoms with Crippen LogP contribution in [0.1, 0.15) is 0 Å². The number of hydrogen-bond acceptors (Lipinski definition) is 5. The van der Waals surface area contributed by atoms with Crippen molar-refractivity contribution in [1.29, 1.82) is 0 Å². The Morgan fingerprint density at radius 3 is 2.56 bits per heavy atom. The van der Waals surface area contributed by atoms with Crippen LogP contribution in [0.2, 0.25) is 0 Å². The van der Waals surface area contributed by atoms with Gasteiger partial charge >= 0.3 is 5.69 Å². The lowest BCUT2D eigenvalue weighted by Crippen LogP contribution is -2.28. The van der Waals surface area contributed by atoms with E-state index in [2.05, 4.69) is 0 Å². The number of nitrogens with zero attached hydrogens (tertiary/aromatic N) is 2. The summed E-state index contributed by atoms with van der Waals surface area (Å²) in [6.07, 6.45) is 0. The van der Waals surface area contributed by atoms with Gasteiger partial charge in [0.1, 0.15) is 5.69 Å². The number of H-pyrrole nitrogens is 1. The van der Waals surface area contributed by atoms with Crippen LogP contribution in [0.4, 0.5) is 5.69 Å². The van der Waals surface area contributed by atoms with E-state index >= 15 is 0 Å². The van der Waals surface area contributed by atoms with Gasteiger partial charge in [-0.05, 0) is 6.07 Å². The SMILES string of the molecule is O=c1cc(O)n(-c2ccccc2[N+](=O)[O-])c(=O)[nH]1. The predicted octanol–water partition coefficient (Wildman–Crippen LogP) is 0.140. The summed E-state index contributed by atoms with van der Waals surface area (Å²) in [5.41, 5.74) is -2.22. The first-order valence-electron chi connectivity index (χ1n) is 4.80. The van der Waals surface area contributed by atoms with Gasteiger partial charge in [0.25, 0.3) is 11.2 Å². The number of aromatic hydroxyl groups is 1. The average molecular weight is 249 g/mol. The number of nitrogens with one attached hydrogen (secondary N) is 1. The van der Waals surface area contributed by atoms with Crippen LogP contribution in [-0.4, -0.2) is 19.6 Å². The molecule has 0 aliphatic carbocycles. The molecule has 8 nitrogen and oxygen atoms in total. The van der Waals surface area contributed by atoms with Crippen LogP contribution in [-0.2, 0) is 0 Å². The summed E-state index contributed by atoms with van der Waals surface area (Å²) in [6, 6.07) is 6.14. The van der Waals surface area contributed by atoms with Crippen molar-refractivity contribution in [1.82, 2.24) is 9.55 Å². The topological polar surface area (TPSA) is 118 Å². The van der Waals surface area contributed by atoms with Gasteiger partial charge in [0.2, 0.25) is 5.88 Å². The maximum absolute atomic E-state index is 11.6. The van der Waals surface area contributed by atoms with Gasteiger partial charge < -0.3 is 5.11 Å². The molecule has 92 valence electrons. The Bertz CT molecular complexity index is 731. The van der Waals surface area contributed by atoms with Crippen molar-refractivity contribution in [3.63, 3.8) is 0 Å². The van der Waals surface area contributed by atoms with Gasteiger partial charge in [-0.2, -0.15) is 0 Å². The molecule has 2 N–H and O–H groups in total. The van der Waals surface area contributed by atoms with E-state index in [1.165, 1.54) is 24.3 Å². The van der Waals surface area contributed by atoms with Crippen molar-refractivity contribution in [2.45, 2.75) is 0 Å². The summed E-state index contributed by atoms with van der Waals surface area (Å²) in [6.45, 7) is 0. The number of nitro benzene ring substituents is 1. The Morgan fingerprint density at radius 2 is 1.94 bits per heavy atom. The zero-order valence-corrected chi connectivity index (χ0v) is 8.86. The van der Waals surface area contributed by atoms with Gasteiger partial charge in [0.15, 0.2) is 0 Å². The highest BCUT2D eigenvalue weighted by atomic mass is 16.6. The molecule has 1 aromatic heterocycles. The molecule has 1 aromatic carbocycles. The molecule has 2 rings (SSSR count). The lowest BCUT2D eigenvalue weighted by molar-refractivity contribution is -0.384. The third kappa shape index (κ3) is 1.86. The molecule has 0 unspecified atom stereocenters. The fourth-order valence-electron chi connectivity index (χ4n) is 1.52. The Morgan fingerprint density at radius 1 is 1.28 bits per heavy atom. The first-order chi connectivity index (χ1) is 8.50. The molecule has 0 aliphatic rings. The molecule has 0 fully saturated rings. The predicted molar refractivity (Wildman–Crippen MR) is 61.0 cm³/mol. The lowest BCUT2D eigenvalue weighted by Gasteiger charge is -2.07.